The van der Waals surface area contributed by atoms with Crippen molar-refractivity contribution in [2.24, 2.45) is 0 Å². The third kappa shape index (κ3) is 3.66. The van der Waals surface area contributed by atoms with Crippen molar-refractivity contribution in [3.05, 3.63) is 34.4 Å². The van der Waals surface area contributed by atoms with E-state index in [0.717, 1.165) is 6.42 Å². The first-order chi connectivity index (χ1) is 10.0. The van der Waals surface area contributed by atoms with E-state index in [1.807, 2.05) is 11.8 Å². The Kier molecular flexibility index (Phi) is 5.06. The van der Waals surface area contributed by atoms with E-state index in [9.17, 15) is 18.9 Å². The SMILES string of the molecule is CCC1CN(c2ccccc2[N+](=O)[O-])CCN1CC(F)F. The van der Waals surface area contributed by atoms with Crippen LogP contribution in [0.25, 0.3) is 0 Å². The number of nitro benzene ring substituents is 1. The first kappa shape index (κ1) is 15.6. The Balaban J connectivity index is 2.15. The molecule has 0 spiro atoms. The number of halogens is 2. The minimum absolute atomic E-state index is 0.00689. The summed E-state index contributed by atoms with van der Waals surface area (Å²) in [5.41, 5.74) is 0.632. The van der Waals surface area contributed by atoms with Gasteiger partial charge in [0.15, 0.2) is 0 Å². The summed E-state index contributed by atoms with van der Waals surface area (Å²) < 4.78 is 25.1. The number of nitro groups is 1. The number of nitrogens with zero attached hydrogens (tertiary/aromatic N) is 3. The molecule has 1 fully saturated rings. The second-order valence-electron chi connectivity index (χ2n) is 5.14. The molecule has 1 unspecified atom stereocenters. The first-order valence-corrected chi connectivity index (χ1v) is 7.03. The summed E-state index contributed by atoms with van der Waals surface area (Å²) in [7, 11) is 0. The molecule has 1 heterocycles. The van der Waals surface area contributed by atoms with Crippen LogP contribution in [0.15, 0.2) is 24.3 Å². The Bertz CT molecular complexity index is 499. The average Bonchev–Trinajstić information content (AvgIpc) is 2.47. The Hall–Kier alpha value is -1.76. The molecular formula is C14H19F2N3O2. The molecule has 2 rings (SSSR count). The van der Waals surface area contributed by atoms with Gasteiger partial charge in [-0.15, -0.1) is 0 Å². The molecule has 0 N–H and O–H groups in total. The van der Waals surface area contributed by atoms with Gasteiger partial charge < -0.3 is 4.90 Å². The Labute approximate surface area is 122 Å². The molecule has 1 aromatic rings. The molecule has 1 saturated heterocycles. The van der Waals surface area contributed by atoms with Crippen molar-refractivity contribution in [2.45, 2.75) is 25.8 Å². The van der Waals surface area contributed by atoms with Gasteiger partial charge in [0.25, 0.3) is 12.1 Å². The summed E-state index contributed by atoms with van der Waals surface area (Å²) >= 11 is 0. The van der Waals surface area contributed by atoms with Crippen LogP contribution in [0.5, 0.6) is 0 Å². The highest BCUT2D eigenvalue weighted by Crippen LogP contribution is 2.30. The van der Waals surface area contributed by atoms with Crippen LogP contribution in [0.2, 0.25) is 0 Å². The summed E-state index contributed by atoms with van der Waals surface area (Å²) in [6, 6.07) is 6.57. The standard InChI is InChI=1S/C14H19F2N3O2/c1-2-11-9-18(8-7-17(11)10-14(15)16)12-5-3-4-6-13(12)19(20)21/h3-6,11,14H,2,7-10H2,1H3. The number of anilines is 1. The fourth-order valence-electron chi connectivity index (χ4n) is 2.80. The molecule has 5 nitrogen and oxygen atoms in total. The number of para-hydroxylation sites is 2. The van der Waals surface area contributed by atoms with E-state index in [-0.39, 0.29) is 18.3 Å². The van der Waals surface area contributed by atoms with Crippen molar-refractivity contribution in [3.8, 4) is 0 Å². The molecular weight excluding hydrogens is 280 g/mol. The van der Waals surface area contributed by atoms with Crippen LogP contribution in [0.3, 0.4) is 0 Å². The van der Waals surface area contributed by atoms with E-state index in [4.69, 9.17) is 0 Å². The summed E-state index contributed by atoms with van der Waals surface area (Å²) in [4.78, 5) is 14.4. The Morgan fingerprint density at radius 2 is 2.10 bits per heavy atom. The minimum atomic E-state index is -2.35. The molecule has 116 valence electrons. The van der Waals surface area contributed by atoms with Gasteiger partial charge in [0.1, 0.15) is 5.69 Å². The fraction of sp³-hybridized carbons (Fsp3) is 0.571. The smallest absolute Gasteiger partial charge is 0.292 e. The quantitative estimate of drug-likeness (QED) is 0.619. The van der Waals surface area contributed by atoms with Gasteiger partial charge in [-0.2, -0.15) is 0 Å². The maximum Gasteiger partial charge on any atom is 0.292 e. The summed E-state index contributed by atoms with van der Waals surface area (Å²) in [6.07, 6.45) is -1.61. The third-order valence-corrected chi connectivity index (χ3v) is 3.87. The highest BCUT2D eigenvalue weighted by Gasteiger charge is 2.30. The monoisotopic (exact) mass is 299 g/mol. The molecule has 0 saturated carbocycles. The number of hydrogen-bond acceptors (Lipinski definition) is 4. The predicted molar refractivity (Wildman–Crippen MR) is 77.0 cm³/mol. The van der Waals surface area contributed by atoms with E-state index in [1.165, 1.54) is 6.07 Å². The van der Waals surface area contributed by atoms with Gasteiger partial charge in [0.2, 0.25) is 0 Å². The molecule has 1 atom stereocenters. The van der Waals surface area contributed by atoms with Crippen LogP contribution in [-0.4, -0.2) is 48.5 Å². The lowest BCUT2D eigenvalue weighted by Crippen LogP contribution is -2.54. The van der Waals surface area contributed by atoms with E-state index < -0.39 is 11.3 Å². The number of benzene rings is 1. The predicted octanol–water partition coefficient (Wildman–Crippen LogP) is 2.76. The van der Waals surface area contributed by atoms with Gasteiger partial charge in [-0.05, 0) is 12.5 Å². The lowest BCUT2D eigenvalue weighted by molar-refractivity contribution is -0.384. The molecule has 1 aliphatic rings. The molecule has 0 bridgehead atoms. The van der Waals surface area contributed by atoms with Crippen molar-refractivity contribution < 1.29 is 13.7 Å². The van der Waals surface area contributed by atoms with Gasteiger partial charge in [0, 0.05) is 31.7 Å². The van der Waals surface area contributed by atoms with Gasteiger partial charge >= 0.3 is 0 Å². The van der Waals surface area contributed by atoms with Gasteiger partial charge in [-0.25, -0.2) is 8.78 Å². The van der Waals surface area contributed by atoms with Crippen LogP contribution >= 0.6 is 0 Å². The lowest BCUT2D eigenvalue weighted by Gasteiger charge is -2.41. The maximum atomic E-state index is 12.6. The molecule has 1 aromatic carbocycles. The highest BCUT2D eigenvalue weighted by atomic mass is 19.3. The largest absolute Gasteiger partial charge is 0.363 e. The zero-order valence-corrected chi connectivity index (χ0v) is 11.9. The first-order valence-electron chi connectivity index (χ1n) is 7.03. The fourth-order valence-corrected chi connectivity index (χ4v) is 2.80. The molecule has 7 heteroatoms. The number of alkyl halides is 2. The van der Waals surface area contributed by atoms with Crippen molar-refractivity contribution in [2.75, 3.05) is 31.1 Å². The van der Waals surface area contributed by atoms with Crippen molar-refractivity contribution in [1.29, 1.82) is 0 Å². The van der Waals surface area contributed by atoms with Crippen molar-refractivity contribution in [1.82, 2.24) is 4.90 Å². The molecule has 0 aromatic heterocycles. The molecule has 0 aliphatic carbocycles. The zero-order valence-electron chi connectivity index (χ0n) is 11.9. The van der Waals surface area contributed by atoms with E-state index >= 15 is 0 Å². The van der Waals surface area contributed by atoms with Crippen LogP contribution in [0.1, 0.15) is 13.3 Å². The summed E-state index contributed by atoms with van der Waals surface area (Å²) in [5, 5.41) is 11.1. The second-order valence-corrected chi connectivity index (χ2v) is 5.14. The second kappa shape index (κ2) is 6.80. The van der Waals surface area contributed by atoms with Crippen LogP contribution in [0, 0.1) is 10.1 Å². The Morgan fingerprint density at radius 1 is 1.38 bits per heavy atom. The molecule has 21 heavy (non-hydrogen) atoms. The van der Waals surface area contributed by atoms with E-state index in [2.05, 4.69) is 0 Å². The molecule has 0 radical (unpaired) electrons. The maximum absolute atomic E-state index is 12.6. The number of piperazine rings is 1. The normalized spacial score (nSPS) is 20.0. The minimum Gasteiger partial charge on any atom is -0.363 e. The lowest BCUT2D eigenvalue weighted by atomic mass is 10.1. The van der Waals surface area contributed by atoms with Crippen LogP contribution in [-0.2, 0) is 0 Å². The van der Waals surface area contributed by atoms with E-state index in [0.29, 0.717) is 25.3 Å². The van der Waals surface area contributed by atoms with E-state index in [1.54, 1.807) is 23.1 Å². The molecule has 1 aliphatic heterocycles. The van der Waals surface area contributed by atoms with Gasteiger partial charge in [-0.3, -0.25) is 15.0 Å². The van der Waals surface area contributed by atoms with Crippen molar-refractivity contribution in [3.63, 3.8) is 0 Å². The molecule has 0 amide bonds. The van der Waals surface area contributed by atoms with Crippen LogP contribution < -0.4 is 4.90 Å². The number of rotatable bonds is 5. The average molecular weight is 299 g/mol. The zero-order chi connectivity index (χ0) is 15.4. The third-order valence-electron chi connectivity index (χ3n) is 3.87. The van der Waals surface area contributed by atoms with Crippen LogP contribution in [0.4, 0.5) is 20.2 Å². The summed E-state index contributed by atoms with van der Waals surface area (Å²) in [6.45, 7) is 3.27. The summed E-state index contributed by atoms with van der Waals surface area (Å²) in [5.74, 6) is 0. The topological polar surface area (TPSA) is 49.6 Å². The Morgan fingerprint density at radius 3 is 2.71 bits per heavy atom. The van der Waals surface area contributed by atoms with Gasteiger partial charge in [0.05, 0.1) is 11.5 Å². The van der Waals surface area contributed by atoms with Crippen molar-refractivity contribution >= 4 is 11.4 Å². The van der Waals surface area contributed by atoms with Gasteiger partial charge in [-0.1, -0.05) is 19.1 Å². The number of hydrogen-bond donors (Lipinski definition) is 0. The highest BCUT2D eigenvalue weighted by molar-refractivity contribution is 5.63.